The average molecular weight is 408 g/mol. The summed E-state index contributed by atoms with van der Waals surface area (Å²) in [4.78, 5) is 37.7. The first kappa shape index (κ1) is 21.0. The van der Waals surface area contributed by atoms with Gasteiger partial charge in [0.1, 0.15) is 5.75 Å². The van der Waals surface area contributed by atoms with Crippen molar-refractivity contribution in [3.63, 3.8) is 0 Å². The Hall–Kier alpha value is -3.68. The molecule has 0 aliphatic rings. The Bertz CT molecular complexity index is 1180. The number of carbonyl (C=O) groups is 2. The molecule has 0 aliphatic heterocycles. The highest BCUT2D eigenvalue weighted by Crippen LogP contribution is 2.23. The second kappa shape index (κ2) is 8.36. The van der Waals surface area contributed by atoms with E-state index in [1.165, 1.54) is 16.8 Å². The number of phenolic OH excluding ortho intramolecular Hbond substituents is 1. The van der Waals surface area contributed by atoms with Crippen molar-refractivity contribution in [2.24, 2.45) is 0 Å². The standard InChI is InChI=1S/C22H24N4O4/c1-12(2)14-9-10-17(18(27)11-14)20(28)23-24-21(29)19-15-7-5-6-8-16(15)22(30)26(25-19)13(3)4/h5-13,27H,1-4H3,(H,23,28)(H,24,29). The van der Waals surface area contributed by atoms with Gasteiger partial charge in [-0.2, -0.15) is 5.10 Å². The lowest BCUT2D eigenvalue weighted by Crippen LogP contribution is -2.43. The summed E-state index contributed by atoms with van der Waals surface area (Å²) in [6.45, 7) is 7.53. The van der Waals surface area contributed by atoms with Gasteiger partial charge in [0.05, 0.1) is 17.0 Å². The molecule has 0 saturated carbocycles. The molecule has 8 nitrogen and oxygen atoms in total. The van der Waals surface area contributed by atoms with Crippen molar-refractivity contribution in [1.29, 1.82) is 0 Å². The molecule has 1 aromatic heterocycles. The largest absolute Gasteiger partial charge is 0.507 e. The lowest BCUT2D eigenvalue weighted by Gasteiger charge is -2.14. The zero-order valence-corrected chi connectivity index (χ0v) is 17.3. The van der Waals surface area contributed by atoms with Gasteiger partial charge >= 0.3 is 0 Å². The average Bonchev–Trinajstić information content (AvgIpc) is 2.71. The number of hydrazine groups is 1. The van der Waals surface area contributed by atoms with Crippen molar-refractivity contribution in [3.8, 4) is 5.75 Å². The first-order valence-electron chi connectivity index (χ1n) is 9.65. The number of rotatable bonds is 4. The molecule has 8 heteroatoms. The highest BCUT2D eigenvalue weighted by atomic mass is 16.3. The minimum Gasteiger partial charge on any atom is -0.507 e. The number of nitrogens with one attached hydrogen (secondary N) is 2. The fourth-order valence-electron chi connectivity index (χ4n) is 3.06. The number of benzene rings is 2. The Morgan fingerprint density at radius 3 is 2.20 bits per heavy atom. The third kappa shape index (κ3) is 4.03. The number of amides is 2. The summed E-state index contributed by atoms with van der Waals surface area (Å²) >= 11 is 0. The van der Waals surface area contributed by atoms with Crippen LogP contribution in [-0.2, 0) is 0 Å². The van der Waals surface area contributed by atoms with Gasteiger partial charge in [-0.1, -0.05) is 38.1 Å². The molecule has 2 aromatic carbocycles. The summed E-state index contributed by atoms with van der Waals surface area (Å²) in [5.74, 6) is -1.32. The smallest absolute Gasteiger partial charge is 0.290 e. The third-order valence-corrected chi connectivity index (χ3v) is 4.76. The Morgan fingerprint density at radius 2 is 1.60 bits per heavy atom. The number of nitrogens with zero attached hydrogens (tertiary/aromatic N) is 2. The van der Waals surface area contributed by atoms with Crippen LogP contribution in [0.25, 0.3) is 10.8 Å². The number of hydrogen-bond acceptors (Lipinski definition) is 5. The Labute approximate surface area is 173 Å². The third-order valence-electron chi connectivity index (χ3n) is 4.76. The van der Waals surface area contributed by atoms with Crippen LogP contribution in [0.2, 0.25) is 0 Å². The molecule has 0 aliphatic carbocycles. The second-order valence-electron chi connectivity index (χ2n) is 7.58. The fourth-order valence-corrected chi connectivity index (χ4v) is 3.06. The Kier molecular flexibility index (Phi) is 5.86. The molecule has 3 N–H and O–H groups in total. The summed E-state index contributed by atoms with van der Waals surface area (Å²) in [5.41, 5.74) is 5.24. The molecule has 0 bridgehead atoms. The maximum Gasteiger partial charge on any atom is 0.290 e. The van der Waals surface area contributed by atoms with E-state index >= 15 is 0 Å². The highest BCUT2D eigenvalue weighted by Gasteiger charge is 2.19. The zero-order chi connectivity index (χ0) is 22.0. The van der Waals surface area contributed by atoms with Crippen LogP contribution in [0.1, 0.15) is 66.1 Å². The van der Waals surface area contributed by atoms with Crippen molar-refractivity contribution < 1.29 is 14.7 Å². The van der Waals surface area contributed by atoms with Crippen molar-refractivity contribution in [2.75, 3.05) is 0 Å². The topological polar surface area (TPSA) is 113 Å². The van der Waals surface area contributed by atoms with Gasteiger partial charge in [-0.15, -0.1) is 0 Å². The number of fused-ring (bicyclic) bond motifs is 1. The van der Waals surface area contributed by atoms with Gasteiger partial charge in [-0.25, -0.2) is 4.68 Å². The molecule has 0 saturated heterocycles. The maximum atomic E-state index is 12.7. The van der Waals surface area contributed by atoms with Crippen LogP contribution in [0.4, 0.5) is 0 Å². The predicted molar refractivity (Wildman–Crippen MR) is 114 cm³/mol. The quantitative estimate of drug-likeness (QED) is 0.575. The minimum atomic E-state index is -0.674. The monoisotopic (exact) mass is 408 g/mol. The fraction of sp³-hybridized carbons (Fsp3) is 0.273. The van der Waals surface area contributed by atoms with E-state index in [-0.39, 0.29) is 34.5 Å². The molecule has 0 spiro atoms. The van der Waals surface area contributed by atoms with E-state index in [0.29, 0.717) is 10.8 Å². The van der Waals surface area contributed by atoms with Crippen LogP contribution in [0.15, 0.2) is 47.3 Å². The number of phenols is 1. The van der Waals surface area contributed by atoms with Crippen LogP contribution >= 0.6 is 0 Å². The summed E-state index contributed by atoms with van der Waals surface area (Å²) in [6, 6.07) is 11.2. The molecule has 0 radical (unpaired) electrons. The lowest BCUT2D eigenvalue weighted by atomic mass is 10.0. The lowest BCUT2D eigenvalue weighted by molar-refractivity contribution is 0.0842. The summed E-state index contributed by atoms with van der Waals surface area (Å²) < 4.78 is 1.23. The zero-order valence-electron chi connectivity index (χ0n) is 17.3. The minimum absolute atomic E-state index is 0.0126. The molecule has 0 atom stereocenters. The van der Waals surface area contributed by atoms with Crippen molar-refractivity contribution in [3.05, 3.63) is 69.6 Å². The van der Waals surface area contributed by atoms with E-state index in [9.17, 15) is 19.5 Å². The normalized spacial score (nSPS) is 11.1. The van der Waals surface area contributed by atoms with Gasteiger partial charge in [-0.05, 0) is 43.5 Å². The molecule has 3 aromatic rings. The van der Waals surface area contributed by atoms with Gasteiger partial charge in [0, 0.05) is 5.39 Å². The van der Waals surface area contributed by atoms with Gasteiger partial charge < -0.3 is 5.11 Å². The highest BCUT2D eigenvalue weighted by molar-refractivity contribution is 6.06. The number of aromatic hydroxyl groups is 1. The molecule has 0 unspecified atom stereocenters. The van der Waals surface area contributed by atoms with E-state index in [1.807, 2.05) is 13.8 Å². The van der Waals surface area contributed by atoms with Gasteiger partial charge in [0.25, 0.3) is 17.4 Å². The van der Waals surface area contributed by atoms with Gasteiger partial charge in [0.2, 0.25) is 0 Å². The summed E-state index contributed by atoms with van der Waals surface area (Å²) in [5, 5.41) is 15.1. The maximum absolute atomic E-state index is 12.7. The van der Waals surface area contributed by atoms with E-state index in [4.69, 9.17) is 0 Å². The number of carbonyl (C=O) groups excluding carboxylic acids is 2. The summed E-state index contributed by atoms with van der Waals surface area (Å²) in [7, 11) is 0. The molecule has 0 fully saturated rings. The van der Waals surface area contributed by atoms with Gasteiger partial charge in [-0.3, -0.25) is 25.2 Å². The van der Waals surface area contributed by atoms with Crippen LogP contribution in [-0.4, -0.2) is 26.7 Å². The number of aromatic nitrogens is 2. The van der Waals surface area contributed by atoms with Crippen LogP contribution in [0.5, 0.6) is 5.75 Å². The predicted octanol–water partition coefficient (Wildman–Crippen LogP) is 2.88. The Balaban J connectivity index is 1.86. The van der Waals surface area contributed by atoms with Crippen LogP contribution in [0, 0.1) is 0 Å². The molecule has 30 heavy (non-hydrogen) atoms. The summed E-state index contributed by atoms with van der Waals surface area (Å²) in [6.07, 6.45) is 0. The van der Waals surface area contributed by atoms with E-state index in [2.05, 4.69) is 16.0 Å². The molecular weight excluding hydrogens is 384 g/mol. The second-order valence-corrected chi connectivity index (χ2v) is 7.58. The van der Waals surface area contributed by atoms with Crippen molar-refractivity contribution in [1.82, 2.24) is 20.6 Å². The van der Waals surface area contributed by atoms with E-state index in [0.717, 1.165) is 5.56 Å². The number of hydrogen-bond donors (Lipinski definition) is 3. The van der Waals surface area contributed by atoms with Crippen LogP contribution in [0.3, 0.4) is 0 Å². The van der Waals surface area contributed by atoms with Crippen molar-refractivity contribution in [2.45, 2.75) is 39.7 Å². The van der Waals surface area contributed by atoms with E-state index in [1.54, 1.807) is 44.2 Å². The van der Waals surface area contributed by atoms with Crippen LogP contribution < -0.4 is 16.4 Å². The first-order chi connectivity index (χ1) is 14.2. The molecule has 2 amide bonds. The molecule has 156 valence electrons. The first-order valence-corrected chi connectivity index (χ1v) is 9.65. The van der Waals surface area contributed by atoms with E-state index < -0.39 is 11.8 Å². The molecule has 3 rings (SSSR count). The van der Waals surface area contributed by atoms with Gasteiger partial charge in [0.15, 0.2) is 5.69 Å². The SMILES string of the molecule is CC(C)c1ccc(C(=O)NNC(=O)c2nn(C(C)C)c(=O)c3ccccc23)c(O)c1. The van der Waals surface area contributed by atoms with Crippen molar-refractivity contribution >= 4 is 22.6 Å². The Morgan fingerprint density at radius 1 is 0.967 bits per heavy atom. The molecular formula is C22H24N4O4. The molecule has 1 heterocycles.